The first kappa shape index (κ1) is 27.7. The number of nitrogens with zero attached hydrogens (tertiary/aromatic N) is 2. The van der Waals surface area contributed by atoms with Gasteiger partial charge in [0.15, 0.2) is 0 Å². The zero-order valence-corrected chi connectivity index (χ0v) is 22.4. The summed E-state index contributed by atoms with van der Waals surface area (Å²) in [6.45, 7) is 8.99. The van der Waals surface area contributed by atoms with Gasteiger partial charge < -0.3 is 24.2 Å². The second-order valence-electron chi connectivity index (χ2n) is 9.53. The highest BCUT2D eigenvalue weighted by Gasteiger charge is 2.46. The first-order valence-corrected chi connectivity index (χ1v) is 13.6. The zero-order valence-electron chi connectivity index (χ0n) is 22.4. The van der Waals surface area contributed by atoms with Gasteiger partial charge in [0.1, 0.15) is 17.3 Å². The predicted octanol–water partition coefficient (Wildman–Crippen LogP) is 4.41. The predicted molar refractivity (Wildman–Crippen MR) is 145 cm³/mol. The number of likely N-dealkylation sites (tertiary alicyclic amines) is 1. The van der Waals surface area contributed by atoms with Crippen molar-refractivity contribution in [2.45, 2.75) is 39.2 Å². The highest BCUT2D eigenvalue weighted by atomic mass is 16.5. The molecule has 2 aliphatic rings. The molecule has 2 heterocycles. The molecule has 2 aliphatic heterocycles. The van der Waals surface area contributed by atoms with Gasteiger partial charge in [0, 0.05) is 31.7 Å². The van der Waals surface area contributed by atoms with Crippen molar-refractivity contribution in [3.63, 3.8) is 0 Å². The van der Waals surface area contributed by atoms with E-state index in [1.807, 2.05) is 31.2 Å². The molecule has 204 valence electrons. The fourth-order valence-electron chi connectivity index (χ4n) is 4.87. The van der Waals surface area contributed by atoms with Crippen LogP contribution >= 0.6 is 0 Å². The van der Waals surface area contributed by atoms with E-state index in [0.717, 1.165) is 43.7 Å². The molecule has 2 fully saturated rings. The Morgan fingerprint density at radius 1 is 0.974 bits per heavy atom. The molecule has 0 saturated carbocycles. The molecule has 0 aliphatic carbocycles. The Morgan fingerprint density at radius 2 is 1.74 bits per heavy atom. The van der Waals surface area contributed by atoms with Crippen LogP contribution in [0.4, 0.5) is 0 Å². The quantitative estimate of drug-likeness (QED) is 0.191. The van der Waals surface area contributed by atoms with Crippen LogP contribution in [-0.4, -0.2) is 79.2 Å². The standard InChI is InChI=1S/C30H38N2O6/c1-3-5-6-18-38-24-12-10-22(11-13-24)27-26(28(33)23-8-7-9-25(21-23)37-4-2)29(34)30(35)32(27)15-14-31-16-19-36-20-17-31/h7-13,21,27,33H,3-6,14-20H2,1-2H3/b28-26+. The summed E-state index contributed by atoms with van der Waals surface area (Å²) >= 11 is 0. The fraction of sp³-hybridized carbons (Fsp3) is 0.467. The van der Waals surface area contributed by atoms with Gasteiger partial charge in [0.25, 0.3) is 11.7 Å². The van der Waals surface area contributed by atoms with Gasteiger partial charge in [-0.15, -0.1) is 0 Å². The van der Waals surface area contributed by atoms with Gasteiger partial charge in [0.2, 0.25) is 0 Å². The summed E-state index contributed by atoms with van der Waals surface area (Å²) in [5, 5.41) is 11.4. The molecule has 8 heteroatoms. The lowest BCUT2D eigenvalue weighted by molar-refractivity contribution is -0.140. The van der Waals surface area contributed by atoms with Crippen LogP contribution in [0.2, 0.25) is 0 Å². The summed E-state index contributed by atoms with van der Waals surface area (Å²) in [7, 11) is 0. The number of aliphatic hydroxyl groups is 1. The number of ketones is 1. The number of Topliss-reactive ketones (excluding diaryl/α,β-unsaturated/α-hetero) is 1. The Bertz CT molecular complexity index is 1120. The number of amides is 1. The van der Waals surface area contributed by atoms with Crippen LogP contribution in [0.15, 0.2) is 54.1 Å². The Morgan fingerprint density at radius 3 is 2.45 bits per heavy atom. The van der Waals surface area contributed by atoms with E-state index in [9.17, 15) is 14.7 Å². The van der Waals surface area contributed by atoms with Crippen molar-refractivity contribution in [3.05, 3.63) is 65.2 Å². The van der Waals surface area contributed by atoms with E-state index in [1.54, 1.807) is 29.2 Å². The first-order chi connectivity index (χ1) is 18.5. The van der Waals surface area contributed by atoms with Crippen molar-refractivity contribution in [3.8, 4) is 11.5 Å². The van der Waals surface area contributed by atoms with Gasteiger partial charge >= 0.3 is 0 Å². The van der Waals surface area contributed by atoms with Crippen molar-refractivity contribution >= 4 is 17.4 Å². The summed E-state index contributed by atoms with van der Waals surface area (Å²) in [6.07, 6.45) is 3.22. The van der Waals surface area contributed by atoms with E-state index >= 15 is 0 Å². The van der Waals surface area contributed by atoms with Crippen LogP contribution in [0.1, 0.15) is 50.3 Å². The minimum absolute atomic E-state index is 0.0854. The number of hydrogen-bond acceptors (Lipinski definition) is 7. The molecule has 1 N–H and O–H groups in total. The van der Waals surface area contributed by atoms with Crippen LogP contribution in [-0.2, 0) is 14.3 Å². The summed E-state index contributed by atoms with van der Waals surface area (Å²) < 4.78 is 16.9. The molecule has 38 heavy (non-hydrogen) atoms. The monoisotopic (exact) mass is 522 g/mol. The molecular weight excluding hydrogens is 484 g/mol. The second-order valence-corrected chi connectivity index (χ2v) is 9.53. The highest BCUT2D eigenvalue weighted by molar-refractivity contribution is 6.46. The molecule has 0 radical (unpaired) electrons. The highest BCUT2D eigenvalue weighted by Crippen LogP contribution is 2.40. The smallest absolute Gasteiger partial charge is 0.295 e. The van der Waals surface area contributed by atoms with E-state index in [4.69, 9.17) is 14.2 Å². The molecule has 4 rings (SSSR count). The van der Waals surface area contributed by atoms with Crippen molar-refractivity contribution in [2.75, 3.05) is 52.6 Å². The van der Waals surface area contributed by atoms with Crippen molar-refractivity contribution in [2.24, 2.45) is 0 Å². The van der Waals surface area contributed by atoms with Crippen LogP contribution in [0, 0.1) is 0 Å². The lowest BCUT2D eigenvalue weighted by atomic mass is 9.95. The first-order valence-electron chi connectivity index (χ1n) is 13.6. The number of morpholine rings is 1. The van der Waals surface area contributed by atoms with Crippen LogP contribution in [0.25, 0.3) is 5.76 Å². The van der Waals surface area contributed by atoms with Crippen molar-refractivity contribution in [1.82, 2.24) is 9.80 Å². The lowest BCUT2D eigenvalue weighted by Crippen LogP contribution is -2.42. The summed E-state index contributed by atoms with van der Waals surface area (Å²) in [4.78, 5) is 30.4. The SMILES string of the molecule is CCCCCOc1ccc(C2/C(=C(\O)c3cccc(OCC)c3)C(=O)C(=O)N2CCN2CCOCC2)cc1. The maximum absolute atomic E-state index is 13.3. The molecule has 0 aromatic heterocycles. The minimum Gasteiger partial charge on any atom is -0.507 e. The molecule has 1 unspecified atom stereocenters. The molecule has 1 amide bonds. The number of benzene rings is 2. The van der Waals surface area contributed by atoms with Gasteiger partial charge in [-0.25, -0.2) is 0 Å². The number of rotatable bonds is 12. The van der Waals surface area contributed by atoms with E-state index in [0.29, 0.717) is 50.8 Å². The number of carbonyl (C=O) groups is 2. The van der Waals surface area contributed by atoms with Crippen LogP contribution in [0.3, 0.4) is 0 Å². The third-order valence-electron chi connectivity index (χ3n) is 6.93. The number of aliphatic hydroxyl groups excluding tert-OH is 1. The van der Waals surface area contributed by atoms with Crippen molar-refractivity contribution in [1.29, 1.82) is 0 Å². The van der Waals surface area contributed by atoms with Gasteiger partial charge in [-0.05, 0) is 43.2 Å². The van der Waals surface area contributed by atoms with Gasteiger partial charge in [-0.2, -0.15) is 0 Å². The van der Waals surface area contributed by atoms with E-state index in [2.05, 4.69) is 11.8 Å². The average molecular weight is 523 g/mol. The molecule has 2 aromatic carbocycles. The Balaban J connectivity index is 1.66. The largest absolute Gasteiger partial charge is 0.507 e. The molecule has 0 bridgehead atoms. The number of carbonyl (C=O) groups excluding carboxylic acids is 2. The lowest BCUT2D eigenvalue weighted by Gasteiger charge is -2.31. The zero-order chi connectivity index (χ0) is 26.9. The third kappa shape index (κ3) is 6.55. The van der Waals surface area contributed by atoms with Gasteiger partial charge in [0.05, 0.1) is 38.0 Å². The number of hydrogen-bond donors (Lipinski definition) is 1. The molecular formula is C30H38N2O6. The molecule has 1 atom stereocenters. The molecule has 8 nitrogen and oxygen atoms in total. The van der Waals surface area contributed by atoms with Crippen LogP contribution < -0.4 is 9.47 Å². The second kappa shape index (κ2) is 13.4. The van der Waals surface area contributed by atoms with Gasteiger partial charge in [-0.3, -0.25) is 14.5 Å². The van der Waals surface area contributed by atoms with Crippen LogP contribution in [0.5, 0.6) is 11.5 Å². The maximum atomic E-state index is 13.3. The molecule has 2 aromatic rings. The van der Waals surface area contributed by atoms with Crippen molar-refractivity contribution < 1.29 is 28.9 Å². The van der Waals surface area contributed by atoms with E-state index < -0.39 is 17.7 Å². The van der Waals surface area contributed by atoms with E-state index in [1.165, 1.54) is 0 Å². The Hall–Kier alpha value is -3.36. The normalized spacial score (nSPS) is 19.6. The minimum atomic E-state index is -0.707. The summed E-state index contributed by atoms with van der Waals surface area (Å²) in [5.41, 5.74) is 1.26. The van der Waals surface area contributed by atoms with Gasteiger partial charge in [-0.1, -0.05) is 44.0 Å². The number of ether oxygens (including phenoxy) is 3. The summed E-state index contributed by atoms with van der Waals surface area (Å²) in [5.74, 6) is -0.177. The number of unbranched alkanes of at least 4 members (excludes halogenated alkanes) is 2. The van der Waals surface area contributed by atoms with E-state index in [-0.39, 0.29) is 11.3 Å². The molecule has 2 saturated heterocycles. The topological polar surface area (TPSA) is 88.5 Å². The maximum Gasteiger partial charge on any atom is 0.295 e. The summed E-state index contributed by atoms with van der Waals surface area (Å²) in [6, 6.07) is 13.7. The average Bonchev–Trinajstić information content (AvgIpc) is 3.20. The Labute approximate surface area is 224 Å². The molecule has 0 spiro atoms. The third-order valence-corrected chi connectivity index (χ3v) is 6.93. The Kier molecular flexibility index (Phi) is 9.79. The fourth-order valence-corrected chi connectivity index (χ4v) is 4.87.